The van der Waals surface area contributed by atoms with Crippen molar-refractivity contribution < 1.29 is 27.5 Å². The van der Waals surface area contributed by atoms with E-state index < -0.39 is 60.6 Å². The van der Waals surface area contributed by atoms with E-state index in [0.717, 1.165) is 31.1 Å². The average Bonchev–Trinajstić information content (AvgIpc) is 3.58. The average molecular weight is 907 g/mol. The highest BCUT2D eigenvalue weighted by Gasteiger charge is 2.62. The van der Waals surface area contributed by atoms with E-state index in [1.165, 1.54) is 6.92 Å². The van der Waals surface area contributed by atoms with Crippen molar-refractivity contribution in [2.75, 3.05) is 6.61 Å². The van der Waals surface area contributed by atoms with Crippen LogP contribution in [0.1, 0.15) is 69.2 Å². The molecule has 6 nitrogen and oxygen atoms in total. The van der Waals surface area contributed by atoms with E-state index in [2.05, 4.69) is 232 Å². The number of carbonyl (C=O) groups is 1. The van der Waals surface area contributed by atoms with Gasteiger partial charge in [0.2, 0.25) is 6.29 Å². The molecular weight excluding hydrogens is 841 g/mol. The fraction of sp³-hybridized carbons (Fsp3) is 0.327. The Morgan fingerprint density at radius 3 is 0.969 bits per heavy atom. The van der Waals surface area contributed by atoms with E-state index in [9.17, 15) is 4.79 Å². The molecule has 7 rings (SSSR count). The standard InChI is InChI=1S/C55H66O6Si3/c1-42(56)58-52-51(61-64(55(8,9)10,47-37-25-15-26-38-47)48-39-27-16-28-40-48)50(60-63(54(5,6)7,45-33-21-13-22-34-45)46-35-23-14-24-36-46)49(59-52)41-57-62(53(2,3)4,43-29-17-11-18-30-43)44-31-19-12-20-32-44/h11-40,49-52H,41H2,1-10H3/t49-,50-,51+,52+/m1/s1. The van der Waals surface area contributed by atoms with Crippen LogP contribution in [0, 0.1) is 0 Å². The lowest BCUT2D eigenvalue weighted by Crippen LogP contribution is -2.72. The number of benzene rings is 6. The summed E-state index contributed by atoms with van der Waals surface area (Å²) < 4.78 is 37.5. The molecule has 4 atom stereocenters. The van der Waals surface area contributed by atoms with E-state index in [4.69, 9.17) is 22.8 Å². The van der Waals surface area contributed by atoms with Gasteiger partial charge in [-0.15, -0.1) is 0 Å². The summed E-state index contributed by atoms with van der Waals surface area (Å²) in [5.74, 6) is -0.459. The monoisotopic (exact) mass is 906 g/mol. The Bertz CT molecular complexity index is 2280. The first-order valence-electron chi connectivity index (χ1n) is 22.6. The molecule has 0 radical (unpaired) electrons. The summed E-state index contributed by atoms with van der Waals surface area (Å²) in [5.41, 5.74) is 0. The molecule has 1 aliphatic heterocycles. The van der Waals surface area contributed by atoms with Crippen LogP contribution in [0.15, 0.2) is 182 Å². The van der Waals surface area contributed by atoms with Crippen LogP contribution in [-0.2, 0) is 27.5 Å². The van der Waals surface area contributed by atoms with E-state index in [-0.39, 0.29) is 16.7 Å². The van der Waals surface area contributed by atoms with Gasteiger partial charge in [-0.25, -0.2) is 0 Å². The lowest BCUT2D eigenvalue weighted by molar-refractivity contribution is -0.185. The van der Waals surface area contributed by atoms with Gasteiger partial charge in [-0.05, 0) is 46.2 Å². The second-order valence-electron chi connectivity index (χ2n) is 20.1. The Balaban J connectivity index is 1.49. The molecule has 1 heterocycles. The summed E-state index contributed by atoms with van der Waals surface area (Å²) in [7, 11) is -9.73. The lowest BCUT2D eigenvalue weighted by atomic mass is 10.1. The summed E-state index contributed by atoms with van der Waals surface area (Å²) >= 11 is 0. The Morgan fingerprint density at radius 2 is 0.703 bits per heavy atom. The predicted octanol–water partition coefficient (Wildman–Crippen LogP) is 8.74. The van der Waals surface area contributed by atoms with Crippen LogP contribution in [0.2, 0.25) is 15.1 Å². The van der Waals surface area contributed by atoms with Crippen LogP contribution in [0.4, 0.5) is 0 Å². The minimum Gasteiger partial charge on any atom is -0.433 e. The lowest BCUT2D eigenvalue weighted by Gasteiger charge is -2.49. The van der Waals surface area contributed by atoms with Crippen molar-refractivity contribution in [2.45, 2.75) is 109 Å². The first-order valence-corrected chi connectivity index (χ1v) is 28.3. The van der Waals surface area contributed by atoms with Crippen molar-refractivity contribution in [3.8, 4) is 0 Å². The summed E-state index contributed by atoms with van der Waals surface area (Å²) in [6.07, 6.45) is -3.42. The number of esters is 1. The van der Waals surface area contributed by atoms with E-state index in [1.807, 2.05) is 12.1 Å². The van der Waals surface area contributed by atoms with Crippen LogP contribution in [0.3, 0.4) is 0 Å². The van der Waals surface area contributed by atoms with E-state index in [0.29, 0.717) is 0 Å². The van der Waals surface area contributed by atoms with Crippen LogP contribution in [0.5, 0.6) is 0 Å². The highest BCUT2D eigenvalue weighted by molar-refractivity contribution is 7.01. The quantitative estimate of drug-likeness (QED) is 0.0806. The largest absolute Gasteiger partial charge is 0.433 e. The third-order valence-corrected chi connectivity index (χ3v) is 28.0. The summed E-state index contributed by atoms with van der Waals surface area (Å²) in [6, 6.07) is 63.8. The summed E-state index contributed by atoms with van der Waals surface area (Å²) in [6.45, 7) is 22.1. The number of hydrogen-bond acceptors (Lipinski definition) is 6. The molecule has 0 amide bonds. The predicted molar refractivity (Wildman–Crippen MR) is 269 cm³/mol. The number of rotatable bonds is 14. The van der Waals surface area contributed by atoms with E-state index in [1.54, 1.807) is 0 Å². The fourth-order valence-electron chi connectivity index (χ4n) is 10.1. The molecule has 0 unspecified atom stereocenters. The minimum atomic E-state index is -3.32. The fourth-order valence-corrected chi connectivity index (χ4v) is 24.1. The Labute approximate surface area is 385 Å². The van der Waals surface area contributed by atoms with Gasteiger partial charge in [0.15, 0.2) is 0 Å². The molecule has 0 aliphatic carbocycles. The Kier molecular flexibility index (Phi) is 14.0. The van der Waals surface area contributed by atoms with Gasteiger partial charge in [0.1, 0.15) is 18.3 Å². The Hall–Kier alpha value is -4.72. The maximum atomic E-state index is 13.4. The van der Waals surface area contributed by atoms with Crippen LogP contribution < -0.4 is 31.1 Å². The van der Waals surface area contributed by atoms with Gasteiger partial charge >= 0.3 is 5.97 Å². The topological polar surface area (TPSA) is 63.2 Å². The van der Waals surface area contributed by atoms with Gasteiger partial charge in [0.25, 0.3) is 25.0 Å². The van der Waals surface area contributed by atoms with Gasteiger partial charge < -0.3 is 22.8 Å². The third-order valence-electron chi connectivity index (χ3n) is 12.9. The second kappa shape index (κ2) is 19.0. The van der Waals surface area contributed by atoms with Crippen molar-refractivity contribution in [1.82, 2.24) is 0 Å². The number of hydrogen-bond donors (Lipinski definition) is 0. The van der Waals surface area contributed by atoms with Crippen molar-refractivity contribution in [3.05, 3.63) is 182 Å². The molecule has 0 saturated carbocycles. The zero-order valence-electron chi connectivity index (χ0n) is 39.3. The molecule has 64 heavy (non-hydrogen) atoms. The molecule has 334 valence electrons. The zero-order valence-corrected chi connectivity index (χ0v) is 42.3. The van der Waals surface area contributed by atoms with Crippen molar-refractivity contribution >= 4 is 62.0 Å². The SMILES string of the molecule is CC(=O)O[C@H]1O[C@H](CO[Si](c2ccccc2)(c2ccccc2)C(C)(C)C)[C@@H](O[Si](c2ccccc2)(c2ccccc2)C(C)(C)C)[C@@H]1O[Si](c1ccccc1)(c1ccccc1)C(C)(C)C. The summed E-state index contributed by atoms with van der Waals surface area (Å²) in [4.78, 5) is 13.4. The zero-order chi connectivity index (χ0) is 45.8. The van der Waals surface area contributed by atoms with Crippen molar-refractivity contribution in [1.29, 1.82) is 0 Å². The molecule has 6 aromatic rings. The first kappa shape index (κ1) is 47.2. The Morgan fingerprint density at radius 1 is 0.438 bits per heavy atom. The maximum absolute atomic E-state index is 13.4. The van der Waals surface area contributed by atoms with Crippen LogP contribution in [0.25, 0.3) is 0 Å². The molecule has 0 aromatic heterocycles. The summed E-state index contributed by atoms with van der Waals surface area (Å²) in [5, 5.41) is 5.69. The third kappa shape index (κ3) is 8.96. The maximum Gasteiger partial charge on any atom is 0.305 e. The number of carbonyl (C=O) groups excluding carboxylic acids is 1. The van der Waals surface area contributed by atoms with Crippen molar-refractivity contribution in [3.63, 3.8) is 0 Å². The molecule has 9 heteroatoms. The van der Waals surface area contributed by atoms with Crippen molar-refractivity contribution in [2.24, 2.45) is 0 Å². The second-order valence-corrected chi connectivity index (χ2v) is 32.9. The molecule has 1 saturated heterocycles. The molecule has 0 spiro atoms. The molecule has 0 bridgehead atoms. The normalized spacial score (nSPS) is 18.7. The smallest absolute Gasteiger partial charge is 0.305 e. The molecule has 1 aliphatic rings. The minimum absolute atomic E-state index is 0.161. The van der Waals surface area contributed by atoms with Crippen LogP contribution in [-0.4, -0.2) is 62.1 Å². The van der Waals surface area contributed by atoms with Gasteiger partial charge in [-0.2, -0.15) is 0 Å². The number of ether oxygens (including phenoxy) is 2. The molecule has 6 aromatic carbocycles. The highest BCUT2D eigenvalue weighted by atomic mass is 28.4. The van der Waals surface area contributed by atoms with Gasteiger partial charge in [0, 0.05) is 6.92 Å². The van der Waals surface area contributed by atoms with Gasteiger partial charge in [0.05, 0.1) is 6.61 Å². The van der Waals surface area contributed by atoms with Gasteiger partial charge in [-0.1, -0.05) is 244 Å². The van der Waals surface area contributed by atoms with Gasteiger partial charge in [-0.3, -0.25) is 4.79 Å². The van der Waals surface area contributed by atoms with E-state index >= 15 is 0 Å². The first-order chi connectivity index (χ1) is 30.5. The molecular formula is C55H66O6Si3. The molecule has 0 N–H and O–H groups in total. The van der Waals surface area contributed by atoms with Crippen LogP contribution >= 0.6 is 0 Å². The molecule has 1 fully saturated rings. The highest BCUT2D eigenvalue weighted by Crippen LogP contribution is 2.45.